The molecule has 4 atom stereocenters. The van der Waals surface area contributed by atoms with Gasteiger partial charge in [-0.05, 0) is 61.1 Å². The van der Waals surface area contributed by atoms with Gasteiger partial charge in [0.05, 0.1) is 36.9 Å². The number of carbonyl (C=O) groups is 1. The van der Waals surface area contributed by atoms with Crippen LogP contribution in [0, 0.1) is 12.8 Å². The monoisotopic (exact) mass is 574 g/mol. The van der Waals surface area contributed by atoms with Crippen molar-refractivity contribution in [1.82, 2.24) is 9.97 Å². The van der Waals surface area contributed by atoms with Gasteiger partial charge in [-0.1, -0.05) is 6.07 Å². The minimum atomic E-state index is -4.10. The summed E-state index contributed by atoms with van der Waals surface area (Å²) in [5.74, 6) is 0.436. The maximum Gasteiger partial charge on any atom is 0.333 e. The number of methoxy groups -OCH3 is 1. The number of aryl methyl sites for hydroxylation is 1. The van der Waals surface area contributed by atoms with Crippen molar-refractivity contribution in [2.24, 2.45) is 11.1 Å². The Morgan fingerprint density at radius 1 is 1.28 bits per heavy atom. The average molecular weight is 575 g/mol. The number of rotatable bonds is 9. The highest BCUT2D eigenvalue weighted by Gasteiger charge is 2.35. The van der Waals surface area contributed by atoms with Gasteiger partial charge < -0.3 is 19.9 Å². The van der Waals surface area contributed by atoms with Gasteiger partial charge in [0.1, 0.15) is 24.0 Å². The number of hydrogen-bond donors (Lipinski definition) is 3. The Bertz CT molecular complexity index is 1480. The first-order valence-electron chi connectivity index (χ1n) is 12.5. The van der Waals surface area contributed by atoms with E-state index in [1.165, 1.54) is 29.4 Å². The quantitative estimate of drug-likeness (QED) is 0.324. The average Bonchev–Trinajstić information content (AvgIpc) is 3.47. The summed E-state index contributed by atoms with van der Waals surface area (Å²) in [6.45, 7) is 2.34. The largest absolute Gasteiger partial charge is 0.497 e. The van der Waals surface area contributed by atoms with Crippen molar-refractivity contribution in [1.29, 1.82) is 0 Å². The highest BCUT2D eigenvalue weighted by atomic mass is 32.2. The lowest BCUT2D eigenvalue weighted by Crippen LogP contribution is -2.24. The molecule has 0 bridgehead atoms. The summed E-state index contributed by atoms with van der Waals surface area (Å²) < 4.78 is 38.5. The molecule has 0 spiro atoms. The van der Waals surface area contributed by atoms with Crippen LogP contribution in [0.2, 0.25) is 0 Å². The van der Waals surface area contributed by atoms with E-state index >= 15 is 0 Å². The number of aliphatic hydroxyl groups is 1. The normalized spacial score (nSPS) is 22.9. The summed E-state index contributed by atoms with van der Waals surface area (Å²) >= 11 is 1.39. The third-order valence-electron chi connectivity index (χ3n) is 7.16. The van der Waals surface area contributed by atoms with Gasteiger partial charge in [-0.15, -0.1) is 11.3 Å². The van der Waals surface area contributed by atoms with E-state index in [0.29, 0.717) is 35.7 Å². The molecule has 39 heavy (non-hydrogen) atoms. The Labute approximate surface area is 230 Å². The number of fused-ring (bicyclic) bond motifs is 1. The van der Waals surface area contributed by atoms with E-state index in [1.807, 2.05) is 25.1 Å². The molecular weight excluding hydrogens is 544 g/mol. The number of aliphatic hydroxyl groups excluding tert-OH is 1. The van der Waals surface area contributed by atoms with Crippen LogP contribution >= 0.6 is 11.3 Å². The molecule has 1 aliphatic carbocycles. The highest BCUT2D eigenvalue weighted by Crippen LogP contribution is 2.40. The summed E-state index contributed by atoms with van der Waals surface area (Å²) in [4.78, 5) is 23.5. The van der Waals surface area contributed by atoms with Crippen LogP contribution < -0.4 is 15.2 Å². The van der Waals surface area contributed by atoms with Crippen molar-refractivity contribution in [2.75, 3.05) is 25.6 Å². The summed E-state index contributed by atoms with van der Waals surface area (Å²) in [5.41, 5.74) is 3.46. The van der Waals surface area contributed by atoms with Gasteiger partial charge in [-0.25, -0.2) is 15.1 Å². The van der Waals surface area contributed by atoms with Crippen molar-refractivity contribution < 1.29 is 32.0 Å². The fourth-order valence-corrected chi connectivity index (χ4v) is 6.56. The second kappa shape index (κ2) is 11.3. The van der Waals surface area contributed by atoms with Crippen LogP contribution in [0.4, 0.5) is 5.82 Å². The SMILES string of the molecule is COc1ccc2c(c1)C(c1cc(C(=O)c3cncnc3N[C@@H]3C[C@H](COS(N)(=O)=O)[C@@H](O)C3)sc1C)OCC2. The van der Waals surface area contributed by atoms with Crippen LogP contribution in [0.5, 0.6) is 5.75 Å². The number of benzene rings is 1. The van der Waals surface area contributed by atoms with Crippen LogP contribution in [0.1, 0.15) is 55.7 Å². The molecule has 1 aromatic carbocycles. The predicted octanol–water partition coefficient (Wildman–Crippen LogP) is 2.52. The Balaban J connectivity index is 1.35. The Morgan fingerprint density at radius 2 is 2.10 bits per heavy atom. The van der Waals surface area contributed by atoms with Crippen LogP contribution in [0.25, 0.3) is 0 Å². The zero-order valence-corrected chi connectivity index (χ0v) is 23.1. The molecule has 0 radical (unpaired) electrons. The maximum absolute atomic E-state index is 13.7. The van der Waals surface area contributed by atoms with Crippen LogP contribution in [0.15, 0.2) is 36.8 Å². The molecule has 3 heterocycles. The lowest BCUT2D eigenvalue weighted by atomic mass is 9.92. The molecule has 13 heteroatoms. The van der Waals surface area contributed by atoms with Crippen molar-refractivity contribution in [2.45, 2.75) is 44.4 Å². The number of nitrogens with one attached hydrogen (secondary N) is 1. The molecule has 3 aromatic rings. The molecular formula is C26H30N4O7S2. The predicted molar refractivity (Wildman–Crippen MR) is 144 cm³/mol. The molecule has 1 fully saturated rings. The van der Waals surface area contributed by atoms with Gasteiger partial charge in [0.2, 0.25) is 5.78 Å². The fourth-order valence-electron chi connectivity index (χ4n) is 5.19. The molecule has 2 aliphatic rings. The number of nitrogens with zero attached hydrogens (tertiary/aromatic N) is 2. The molecule has 2 aromatic heterocycles. The molecule has 4 N–H and O–H groups in total. The summed E-state index contributed by atoms with van der Waals surface area (Å²) in [7, 11) is -2.47. The summed E-state index contributed by atoms with van der Waals surface area (Å²) in [6.07, 6.45) is 3.28. The van der Waals surface area contributed by atoms with Gasteiger partial charge >= 0.3 is 10.3 Å². The number of nitrogens with two attached hydrogens (primary N) is 1. The number of aromatic nitrogens is 2. The van der Waals surface area contributed by atoms with Crippen molar-refractivity contribution in [3.8, 4) is 5.75 Å². The Kier molecular flexibility index (Phi) is 7.99. The standard InChI is InChI=1S/C26H30N4O7S2/c1-14-19(25-20-9-18(35-2)4-3-15(20)5-6-36-25)10-23(38-14)24(32)21-11-28-13-29-26(21)30-17-7-16(22(31)8-17)12-37-39(27,33)34/h3-4,9-11,13,16-17,22,25,31H,5-8,12H2,1-2H3,(H2,27,33,34)(H,28,29,30)/t16-,17-,22+,25?/m1/s1. The number of thiophene rings is 1. The lowest BCUT2D eigenvalue weighted by molar-refractivity contribution is 0.0695. The third-order valence-corrected chi connectivity index (χ3v) is 8.69. The molecule has 11 nitrogen and oxygen atoms in total. The van der Waals surface area contributed by atoms with Gasteiger partial charge in [-0.2, -0.15) is 8.42 Å². The second-order valence-electron chi connectivity index (χ2n) is 9.72. The van der Waals surface area contributed by atoms with Crippen molar-refractivity contribution in [3.05, 3.63) is 68.8 Å². The van der Waals surface area contributed by atoms with Gasteiger partial charge in [0.25, 0.3) is 0 Å². The first-order valence-corrected chi connectivity index (χ1v) is 14.8. The van der Waals surface area contributed by atoms with Gasteiger partial charge in [0, 0.05) is 23.0 Å². The zero-order chi connectivity index (χ0) is 27.7. The maximum atomic E-state index is 13.7. The Morgan fingerprint density at radius 3 is 2.87 bits per heavy atom. The molecule has 208 valence electrons. The number of ether oxygens (including phenoxy) is 2. The van der Waals surface area contributed by atoms with Crippen LogP contribution in [-0.4, -0.2) is 61.7 Å². The van der Waals surface area contributed by atoms with Crippen LogP contribution in [-0.2, 0) is 25.6 Å². The summed E-state index contributed by atoms with van der Waals surface area (Å²) in [6, 6.07) is 7.61. The first-order chi connectivity index (χ1) is 18.6. The molecule has 0 saturated heterocycles. The number of carbonyl (C=O) groups excluding carboxylic acids is 1. The molecule has 1 unspecified atom stereocenters. The van der Waals surface area contributed by atoms with E-state index in [1.54, 1.807) is 7.11 Å². The topological polar surface area (TPSA) is 163 Å². The third kappa shape index (κ3) is 6.13. The van der Waals surface area contributed by atoms with E-state index < -0.39 is 22.3 Å². The minimum absolute atomic E-state index is 0.219. The minimum Gasteiger partial charge on any atom is -0.497 e. The lowest BCUT2D eigenvalue weighted by Gasteiger charge is -2.26. The number of hydrogen-bond acceptors (Lipinski definition) is 11. The fraction of sp³-hybridized carbons (Fsp3) is 0.423. The molecule has 0 amide bonds. The molecule has 5 rings (SSSR count). The number of anilines is 1. The molecule has 1 saturated carbocycles. The number of ketones is 1. The van der Waals surface area contributed by atoms with Crippen molar-refractivity contribution >= 4 is 33.2 Å². The van der Waals surface area contributed by atoms with E-state index in [9.17, 15) is 18.3 Å². The zero-order valence-electron chi connectivity index (χ0n) is 21.5. The highest BCUT2D eigenvalue weighted by molar-refractivity contribution is 7.84. The van der Waals surface area contributed by atoms with Gasteiger partial charge in [0.15, 0.2) is 0 Å². The van der Waals surface area contributed by atoms with Crippen LogP contribution in [0.3, 0.4) is 0 Å². The van der Waals surface area contributed by atoms with E-state index in [0.717, 1.165) is 28.2 Å². The first kappa shape index (κ1) is 27.6. The van der Waals surface area contributed by atoms with E-state index in [-0.39, 0.29) is 24.5 Å². The smallest absolute Gasteiger partial charge is 0.333 e. The van der Waals surface area contributed by atoms with Gasteiger partial charge in [-0.3, -0.25) is 8.98 Å². The molecule has 1 aliphatic heterocycles. The van der Waals surface area contributed by atoms with Crippen molar-refractivity contribution in [3.63, 3.8) is 0 Å². The second-order valence-corrected chi connectivity index (χ2v) is 12.2. The van der Waals surface area contributed by atoms with E-state index in [4.69, 9.17) is 14.6 Å². The Hall–Kier alpha value is -2.94. The summed E-state index contributed by atoms with van der Waals surface area (Å²) in [5, 5.41) is 18.5. The van der Waals surface area contributed by atoms with E-state index in [2.05, 4.69) is 25.5 Å².